The zero-order valence-corrected chi connectivity index (χ0v) is 42.9. The van der Waals surface area contributed by atoms with Crippen LogP contribution in [0.3, 0.4) is 0 Å². The molecule has 0 bridgehead atoms. The van der Waals surface area contributed by atoms with Gasteiger partial charge in [-0.3, -0.25) is 9.59 Å². The summed E-state index contributed by atoms with van der Waals surface area (Å²) < 4.78 is 16.6. The van der Waals surface area contributed by atoms with E-state index in [4.69, 9.17) is 14.2 Å². The molecule has 1 rings (SSSR count). The Hall–Kier alpha value is -2.12. The van der Waals surface area contributed by atoms with Gasteiger partial charge in [-0.15, -0.1) is 0 Å². The van der Waals surface area contributed by atoms with Gasteiger partial charge in [-0.2, -0.15) is 0 Å². The summed E-state index contributed by atoms with van der Waals surface area (Å²) >= 11 is 0. The third-order valence-electron chi connectivity index (χ3n) is 13.0. The molecule has 0 radical (unpaired) electrons. The summed E-state index contributed by atoms with van der Waals surface area (Å²) in [5.74, 6) is -0.226. The molecule has 11 heteroatoms. The highest BCUT2D eigenvalue weighted by Gasteiger charge is 2.44. The van der Waals surface area contributed by atoms with Gasteiger partial charge in [-0.25, -0.2) is 0 Å². The fourth-order valence-corrected chi connectivity index (χ4v) is 8.48. The number of carbonyl (C=O) groups is 2. The molecular formula is C56H103NO10. The number of nitrogens with one attached hydrogen (secondary N) is 1. The smallest absolute Gasteiger partial charge is 0.305 e. The van der Waals surface area contributed by atoms with Crippen LogP contribution in [0.4, 0.5) is 0 Å². The Kier molecular flexibility index (Phi) is 43.4. The average molecular weight is 950 g/mol. The number of amides is 1. The van der Waals surface area contributed by atoms with Crippen LogP contribution in [-0.4, -0.2) is 100 Å². The Morgan fingerprint density at radius 3 is 1.45 bits per heavy atom. The van der Waals surface area contributed by atoms with Gasteiger partial charge in [0, 0.05) is 12.8 Å². The van der Waals surface area contributed by atoms with Crippen molar-refractivity contribution >= 4 is 11.9 Å². The predicted octanol–water partition coefficient (Wildman–Crippen LogP) is 11.9. The quantitative estimate of drug-likeness (QED) is 0.0196. The molecule has 0 aliphatic carbocycles. The van der Waals surface area contributed by atoms with E-state index in [1.165, 1.54) is 135 Å². The summed E-state index contributed by atoms with van der Waals surface area (Å²) in [4.78, 5) is 25.0. The van der Waals surface area contributed by atoms with E-state index in [1.807, 2.05) is 6.08 Å². The largest absolute Gasteiger partial charge is 0.466 e. The van der Waals surface area contributed by atoms with Crippen molar-refractivity contribution in [1.82, 2.24) is 5.32 Å². The van der Waals surface area contributed by atoms with Crippen LogP contribution in [0.2, 0.25) is 0 Å². The number of aliphatic hydroxyl groups is 5. The molecule has 6 N–H and O–H groups in total. The van der Waals surface area contributed by atoms with Gasteiger partial charge in [0.2, 0.25) is 5.91 Å². The fourth-order valence-electron chi connectivity index (χ4n) is 8.48. The Morgan fingerprint density at radius 1 is 0.537 bits per heavy atom. The van der Waals surface area contributed by atoms with Crippen molar-refractivity contribution in [3.05, 3.63) is 36.5 Å². The molecule has 0 aromatic rings. The number of aliphatic hydroxyl groups excluding tert-OH is 5. The SMILES string of the molecule is CCCCCC/C=C\CCCCCCCC(=O)OCCCCCCCC/C=C\CCCCCCCCCC(=O)NC(COC1OC(CO)C(O)C(O)C1O)C(O)/C=C/CCCCCCCCC. The average Bonchev–Trinajstić information content (AvgIpc) is 3.32. The van der Waals surface area contributed by atoms with E-state index in [9.17, 15) is 35.1 Å². The number of allylic oxidation sites excluding steroid dienone is 5. The van der Waals surface area contributed by atoms with Crippen LogP contribution in [0.25, 0.3) is 0 Å². The highest BCUT2D eigenvalue weighted by molar-refractivity contribution is 5.76. The maximum atomic E-state index is 13.0. The minimum Gasteiger partial charge on any atom is -0.466 e. The lowest BCUT2D eigenvalue weighted by Gasteiger charge is -2.40. The molecule has 1 aliphatic rings. The van der Waals surface area contributed by atoms with Crippen LogP contribution in [0.5, 0.6) is 0 Å². The van der Waals surface area contributed by atoms with Gasteiger partial charge in [-0.1, -0.05) is 185 Å². The zero-order valence-electron chi connectivity index (χ0n) is 42.9. The second-order valence-corrected chi connectivity index (χ2v) is 19.3. The van der Waals surface area contributed by atoms with Crippen LogP contribution in [-0.2, 0) is 23.8 Å². The summed E-state index contributed by atoms with van der Waals surface area (Å²) in [6.07, 6.45) is 45.2. The van der Waals surface area contributed by atoms with Crippen LogP contribution < -0.4 is 5.32 Å². The minimum atomic E-state index is -1.57. The van der Waals surface area contributed by atoms with E-state index >= 15 is 0 Å². The van der Waals surface area contributed by atoms with Crippen molar-refractivity contribution in [1.29, 1.82) is 0 Å². The molecule has 392 valence electrons. The van der Waals surface area contributed by atoms with Crippen molar-refractivity contribution in [2.45, 2.75) is 288 Å². The first-order valence-corrected chi connectivity index (χ1v) is 27.8. The van der Waals surface area contributed by atoms with E-state index in [2.05, 4.69) is 43.5 Å². The third-order valence-corrected chi connectivity index (χ3v) is 13.0. The van der Waals surface area contributed by atoms with Crippen LogP contribution in [0, 0.1) is 0 Å². The summed E-state index contributed by atoms with van der Waals surface area (Å²) in [5, 5.41) is 54.1. The maximum Gasteiger partial charge on any atom is 0.305 e. The van der Waals surface area contributed by atoms with E-state index in [1.54, 1.807) is 6.08 Å². The summed E-state index contributed by atoms with van der Waals surface area (Å²) in [6.45, 7) is 4.25. The van der Waals surface area contributed by atoms with Gasteiger partial charge in [-0.05, 0) is 83.5 Å². The van der Waals surface area contributed by atoms with Crippen LogP contribution >= 0.6 is 0 Å². The zero-order chi connectivity index (χ0) is 48.8. The molecule has 11 nitrogen and oxygen atoms in total. The van der Waals surface area contributed by atoms with Gasteiger partial charge in [0.15, 0.2) is 6.29 Å². The number of unbranched alkanes of at least 4 members (excludes halogenated alkanes) is 29. The monoisotopic (exact) mass is 950 g/mol. The Morgan fingerprint density at radius 2 is 0.955 bits per heavy atom. The van der Waals surface area contributed by atoms with E-state index in [0.717, 1.165) is 83.5 Å². The third kappa shape index (κ3) is 36.5. The molecule has 1 saturated heterocycles. The Labute approximate surface area is 409 Å². The fraction of sp³-hybridized carbons (Fsp3) is 0.857. The first-order chi connectivity index (χ1) is 32.7. The molecule has 1 fully saturated rings. The lowest BCUT2D eigenvalue weighted by atomic mass is 9.99. The lowest BCUT2D eigenvalue weighted by Crippen LogP contribution is -2.60. The first-order valence-electron chi connectivity index (χ1n) is 27.8. The second kappa shape index (κ2) is 46.3. The first kappa shape index (κ1) is 62.9. The molecule has 0 aromatic carbocycles. The number of ether oxygens (including phenoxy) is 3. The van der Waals surface area contributed by atoms with Crippen molar-refractivity contribution in [3.8, 4) is 0 Å². The van der Waals surface area contributed by atoms with E-state index in [-0.39, 0.29) is 18.5 Å². The van der Waals surface area contributed by atoms with Crippen LogP contribution in [0.1, 0.15) is 245 Å². The number of carbonyl (C=O) groups excluding carboxylic acids is 2. The van der Waals surface area contributed by atoms with E-state index in [0.29, 0.717) is 19.4 Å². The standard InChI is InChI=1S/C56H103NO10/c1-3-5-7-9-11-13-14-20-24-28-32-36-40-44-52(61)65-45-41-37-33-29-25-22-19-17-15-16-18-21-23-27-31-35-39-43-51(60)57-48(49(59)42-38-34-30-26-12-10-8-6-4-2)47-66-56-55(64)54(63)53(62)50(46-58)67-56/h13-15,17,38,42,48-50,53-56,58-59,62-64H,3-12,16,18-37,39-41,43-47H2,1-2H3,(H,57,60)/b14-13-,17-15-,42-38+. The molecule has 7 atom stereocenters. The molecule has 7 unspecified atom stereocenters. The molecule has 1 aliphatic heterocycles. The van der Waals surface area contributed by atoms with Crippen molar-refractivity contribution in [3.63, 3.8) is 0 Å². The Balaban J connectivity index is 2.09. The van der Waals surface area contributed by atoms with Gasteiger partial charge >= 0.3 is 5.97 Å². The number of esters is 1. The Bertz CT molecular complexity index is 1210. The van der Waals surface area contributed by atoms with Crippen molar-refractivity contribution in [2.75, 3.05) is 19.8 Å². The summed E-state index contributed by atoms with van der Waals surface area (Å²) in [7, 11) is 0. The molecule has 1 heterocycles. The topological polar surface area (TPSA) is 175 Å². The molecule has 1 amide bonds. The van der Waals surface area contributed by atoms with Crippen molar-refractivity contribution < 1.29 is 49.3 Å². The number of rotatable bonds is 47. The summed E-state index contributed by atoms with van der Waals surface area (Å²) in [5.41, 5.74) is 0. The highest BCUT2D eigenvalue weighted by Crippen LogP contribution is 2.23. The number of hydrogen-bond donors (Lipinski definition) is 6. The lowest BCUT2D eigenvalue weighted by molar-refractivity contribution is -0.302. The van der Waals surface area contributed by atoms with Gasteiger partial charge in [0.05, 0.1) is 32.0 Å². The predicted molar refractivity (Wildman–Crippen MR) is 274 cm³/mol. The number of hydrogen-bond acceptors (Lipinski definition) is 10. The van der Waals surface area contributed by atoms with Crippen LogP contribution in [0.15, 0.2) is 36.5 Å². The molecule has 67 heavy (non-hydrogen) atoms. The summed E-state index contributed by atoms with van der Waals surface area (Å²) in [6, 6.07) is -0.817. The van der Waals surface area contributed by atoms with Gasteiger partial charge < -0.3 is 45.1 Å². The van der Waals surface area contributed by atoms with Gasteiger partial charge in [0.1, 0.15) is 24.4 Å². The second-order valence-electron chi connectivity index (χ2n) is 19.3. The molecule has 0 aromatic heterocycles. The maximum absolute atomic E-state index is 13.0. The normalized spacial score (nSPS) is 19.8. The molecular weight excluding hydrogens is 847 g/mol. The van der Waals surface area contributed by atoms with E-state index < -0.39 is 49.5 Å². The molecule has 0 spiro atoms. The van der Waals surface area contributed by atoms with Crippen molar-refractivity contribution in [2.24, 2.45) is 0 Å². The molecule has 0 saturated carbocycles. The minimum absolute atomic E-state index is 0.0286. The van der Waals surface area contributed by atoms with Gasteiger partial charge in [0.25, 0.3) is 0 Å². The highest BCUT2D eigenvalue weighted by atomic mass is 16.7.